The van der Waals surface area contributed by atoms with Crippen LogP contribution in [0.3, 0.4) is 0 Å². The molecule has 0 aromatic carbocycles. The van der Waals surface area contributed by atoms with Crippen molar-refractivity contribution in [1.82, 2.24) is 24.4 Å². The molecule has 4 heterocycles. The van der Waals surface area contributed by atoms with Gasteiger partial charge in [0.2, 0.25) is 11.9 Å². The predicted octanol–water partition coefficient (Wildman–Crippen LogP) is 1.07. The smallest absolute Gasteiger partial charge is 0.225 e. The number of hydrogen-bond acceptors (Lipinski definition) is 5. The molecule has 0 aliphatic carbocycles. The maximum atomic E-state index is 13.1. The quantitative estimate of drug-likeness (QED) is 0.842. The molecule has 0 N–H and O–H groups in total. The normalized spacial score (nSPS) is 21.0. The third-order valence-electron chi connectivity index (χ3n) is 4.61. The molecule has 2 aliphatic heterocycles. The molecule has 1 atom stereocenters. The second kappa shape index (κ2) is 6.18. The minimum atomic E-state index is -0.450. The van der Waals surface area contributed by atoms with Crippen molar-refractivity contribution >= 4 is 11.9 Å². The molecule has 2 aliphatic rings. The summed E-state index contributed by atoms with van der Waals surface area (Å²) in [7, 11) is 0. The van der Waals surface area contributed by atoms with Crippen molar-refractivity contribution in [2.24, 2.45) is 5.92 Å². The van der Waals surface area contributed by atoms with Crippen LogP contribution in [0, 0.1) is 11.7 Å². The van der Waals surface area contributed by atoms with E-state index < -0.39 is 5.82 Å². The Morgan fingerprint density at radius 3 is 2.79 bits per heavy atom. The Morgan fingerprint density at radius 1 is 1.21 bits per heavy atom. The van der Waals surface area contributed by atoms with Crippen LogP contribution in [-0.2, 0) is 17.9 Å². The fourth-order valence-electron chi connectivity index (χ4n) is 3.49. The number of aromatic nitrogens is 4. The van der Waals surface area contributed by atoms with Crippen LogP contribution in [0.1, 0.15) is 18.7 Å². The van der Waals surface area contributed by atoms with Gasteiger partial charge in [-0.3, -0.25) is 4.79 Å². The molecule has 0 bridgehead atoms. The number of rotatable bonds is 3. The summed E-state index contributed by atoms with van der Waals surface area (Å²) in [5, 5.41) is 0. The highest BCUT2D eigenvalue weighted by molar-refractivity contribution is 5.78. The van der Waals surface area contributed by atoms with Crippen LogP contribution in [0.25, 0.3) is 0 Å². The van der Waals surface area contributed by atoms with Gasteiger partial charge in [-0.2, -0.15) is 0 Å². The number of fused-ring (bicyclic) bond motifs is 1. The van der Waals surface area contributed by atoms with Crippen LogP contribution in [0.5, 0.6) is 0 Å². The largest absolute Gasteiger partial charge is 0.342 e. The van der Waals surface area contributed by atoms with E-state index in [1.807, 2.05) is 16.0 Å². The van der Waals surface area contributed by atoms with E-state index in [4.69, 9.17) is 0 Å². The van der Waals surface area contributed by atoms with Crippen molar-refractivity contribution < 1.29 is 9.18 Å². The first kappa shape index (κ1) is 15.0. The molecule has 126 valence electrons. The number of halogens is 1. The van der Waals surface area contributed by atoms with Crippen molar-refractivity contribution in [2.75, 3.05) is 24.5 Å². The fourth-order valence-corrected chi connectivity index (χ4v) is 3.49. The van der Waals surface area contributed by atoms with Gasteiger partial charge in [0.15, 0.2) is 5.82 Å². The lowest BCUT2D eigenvalue weighted by molar-refractivity contribution is -0.128. The first-order chi connectivity index (χ1) is 11.7. The van der Waals surface area contributed by atoms with Crippen LogP contribution in [-0.4, -0.2) is 50.0 Å². The number of carbonyl (C=O) groups is 1. The molecule has 1 unspecified atom stereocenters. The highest BCUT2D eigenvalue weighted by atomic mass is 19.1. The van der Waals surface area contributed by atoms with Gasteiger partial charge < -0.3 is 14.4 Å². The van der Waals surface area contributed by atoms with Crippen molar-refractivity contribution in [3.05, 3.63) is 36.4 Å². The summed E-state index contributed by atoms with van der Waals surface area (Å²) >= 11 is 0. The summed E-state index contributed by atoms with van der Waals surface area (Å²) in [6, 6.07) is 0. The van der Waals surface area contributed by atoms with E-state index in [9.17, 15) is 9.18 Å². The van der Waals surface area contributed by atoms with Crippen LogP contribution < -0.4 is 4.90 Å². The van der Waals surface area contributed by atoms with E-state index >= 15 is 0 Å². The van der Waals surface area contributed by atoms with E-state index in [1.165, 1.54) is 12.4 Å². The molecule has 2 aromatic rings. The molecule has 0 saturated carbocycles. The second-order valence-electron chi connectivity index (χ2n) is 6.39. The van der Waals surface area contributed by atoms with E-state index in [0.29, 0.717) is 32.0 Å². The lowest BCUT2D eigenvalue weighted by Gasteiger charge is -2.27. The van der Waals surface area contributed by atoms with Crippen LogP contribution in [0.2, 0.25) is 0 Å². The van der Waals surface area contributed by atoms with Crippen LogP contribution in [0.4, 0.5) is 10.3 Å². The Hall–Kier alpha value is -2.51. The zero-order chi connectivity index (χ0) is 16.5. The molecule has 24 heavy (non-hydrogen) atoms. The van der Waals surface area contributed by atoms with E-state index in [-0.39, 0.29) is 11.8 Å². The average molecular weight is 330 g/mol. The molecule has 0 radical (unpaired) electrons. The summed E-state index contributed by atoms with van der Waals surface area (Å²) in [6.07, 6.45) is 7.68. The highest BCUT2D eigenvalue weighted by Crippen LogP contribution is 2.21. The van der Waals surface area contributed by atoms with E-state index in [0.717, 1.165) is 25.3 Å². The lowest BCUT2D eigenvalue weighted by Crippen LogP contribution is -2.37. The predicted molar refractivity (Wildman–Crippen MR) is 84.6 cm³/mol. The standard InChI is InChI=1S/C16H19FN6O/c17-13-6-19-16(20-7-13)23-10-12(9-22-4-1-2-15(22)24)8-21-5-3-18-14(21)11-23/h3,5-7,12H,1-2,4,8-11H2. The molecule has 1 amide bonds. The Balaban J connectivity index is 1.58. The van der Waals surface area contributed by atoms with Crippen LogP contribution >= 0.6 is 0 Å². The van der Waals surface area contributed by atoms with Gasteiger partial charge in [0.25, 0.3) is 0 Å². The zero-order valence-electron chi connectivity index (χ0n) is 13.3. The number of nitrogens with zero attached hydrogens (tertiary/aromatic N) is 6. The maximum absolute atomic E-state index is 13.1. The van der Waals surface area contributed by atoms with Gasteiger partial charge in [0, 0.05) is 50.9 Å². The first-order valence-corrected chi connectivity index (χ1v) is 8.19. The summed E-state index contributed by atoms with van der Waals surface area (Å²) in [6.45, 7) is 3.63. The number of amides is 1. The number of likely N-dealkylation sites (tertiary alicyclic amines) is 1. The minimum Gasteiger partial charge on any atom is -0.342 e. The molecule has 4 rings (SSSR count). The van der Waals surface area contributed by atoms with Gasteiger partial charge >= 0.3 is 0 Å². The van der Waals surface area contributed by atoms with Gasteiger partial charge in [0.05, 0.1) is 18.9 Å². The minimum absolute atomic E-state index is 0.231. The Morgan fingerprint density at radius 2 is 2.04 bits per heavy atom. The van der Waals surface area contributed by atoms with E-state index in [1.54, 1.807) is 6.20 Å². The summed E-state index contributed by atoms with van der Waals surface area (Å²) < 4.78 is 15.2. The van der Waals surface area contributed by atoms with Gasteiger partial charge in [-0.25, -0.2) is 19.3 Å². The zero-order valence-corrected chi connectivity index (χ0v) is 13.3. The van der Waals surface area contributed by atoms with E-state index in [2.05, 4.69) is 19.5 Å². The van der Waals surface area contributed by atoms with Crippen molar-refractivity contribution in [3.8, 4) is 0 Å². The topological polar surface area (TPSA) is 67.2 Å². The van der Waals surface area contributed by atoms with Gasteiger partial charge in [-0.1, -0.05) is 0 Å². The van der Waals surface area contributed by atoms with Crippen LogP contribution in [0.15, 0.2) is 24.8 Å². The third kappa shape index (κ3) is 2.95. The Bertz CT molecular complexity index is 730. The molecule has 2 aromatic heterocycles. The highest BCUT2D eigenvalue weighted by Gasteiger charge is 2.28. The summed E-state index contributed by atoms with van der Waals surface area (Å²) in [5.74, 6) is 1.45. The average Bonchev–Trinajstić information content (AvgIpc) is 3.13. The third-order valence-corrected chi connectivity index (χ3v) is 4.61. The molecular weight excluding hydrogens is 311 g/mol. The number of hydrogen-bond donors (Lipinski definition) is 0. The maximum Gasteiger partial charge on any atom is 0.225 e. The Labute approximate surface area is 139 Å². The molecule has 1 saturated heterocycles. The van der Waals surface area contributed by atoms with Crippen molar-refractivity contribution in [1.29, 1.82) is 0 Å². The molecular formula is C16H19FN6O. The van der Waals surface area contributed by atoms with Gasteiger partial charge in [0.1, 0.15) is 5.82 Å². The number of imidazole rings is 1. The molecule has 0 spiro atoms. The fraction of sp³-hybridized carbons (Fsp3) is 0.500. The van der Waals surface area contributed by atoms with Crippen molar-refractivity contribution in [2.45, 2.75) is 25.9 Å². The number of carbonyl (C=O) groups excluding carboxylic acids is 1. The second-order valence-corrected chi connectivity index (χ2v) is 6.39. The summed E-state index contributed by atoms with van der Waals surface area (Å²) in [4.78, 5) is 28.5. The van der Waals surface area contributed by atoms with Crippen molar-refractivity contribution in [3.63, 3.8) is 0 Å². The van der Waals surface area contributed by atoms with Gasteiger partial charge in [-0.05, 0) is 6.42 Å². The Kier molecular flexibility index (Phi) is 3.87. The summed E-state index contributed by atoms with van der Waals surface area (Å²) in [5.41, 5.74) is 0. The first-order valence-electron chi connectivity index (χ1n) is 8.19. The molecule has 1 fully saturated rings. The van der Waals surface area contributed by atoms with Gasteiger partial charge in [-0.15, -0.1) is 0 Å². The lowest BCUT2D eigenvalue weighted by atomic mass is 10.1. The SMILES string of the molecule is O=C1CCCN1CC1CN(c2ncc(F)cn2)Cc2nccn2C1. The molecule has 7 nitrogen and oxygen atoms in total. The number of anilines is 1. The monoisotopic (exact) mass is 330 g/mol. The molecule has 8 heteroatoms.